The first-order chi connectivity index (χ1) is 11.1. The number of para-hydroxylation sites is 2. The molecule has 0 aliphatic rings. The number of benzene rings is 2. The fraction of sp³-hybridized carbons (Fsp3) is 0.167. The number of hydrogen-bond acceptors (Lipinski definition) is 3. The van der Waals surface area contributed by atoms with Gasteiger partial charge in [0.15, 0.2) is 5.69 Å². The summed E-state index contributed by atoms with van der Waals surface area (Å²) in [5.41, 5.74) is 1.93. The van der Waals surface area contributed by atoms with E-state index in [-0.39, 0.29) is 17.2 Å². The van der Waals surface area contributed by atoms with Crippen molar-refractivity contribution in [2.24, 2.45) is 0 Å². The first-order valence-electron chi connectivity index (χ1n) is 7.33. The molecule has 0 unspecified atom stereocenters. The van der Waals surface area contributed by atoms with Gasteiger partial charge in [-0.3, -0.25) is 9.59 Å². The van der Waals surface area contributed by atoms with E-state index in [1.165, 1.54) is 4.90 Å². The number of nitrogens with zero attached hydrogens (tertiary/aromatic N) is 3. The second-order valence-corrected chi connectivity index (χ2v) is 5.53. The summed E-state index contributed by atoms with van der Waals surface area (Å²) >= 11 is 0. The minimum Gasteiger partial charge on any atom is -0.343 e. The SMILES string of the molecule is CN(C)C(=O)c1nc2ccccc2n(Cc2ccccc2)c1=O. The van der Waals surface area contributed by atoms with Crippen LogP contribution in [0.5, 0.6) is 0 Å². The van der Waals surface area contributed by atoms with Gasteiger partial charge in [-0.2, -0.15) is 0 Å². The van der Waals surface area contributed by atoms with Crippen molar-refractivity contribution in [1.82, 2.24) is 14.5 Å². The summed E-state index contributed by atoms with van der Waals surface area (Å²) in [4.78, 5) is 30.7. The minimum absolute atomic E-state index is 0.0513. The zero-order valence-electron chi connectivity index (χ0n) is 13.1. The Kier molecular flexibility index (Phi) is 3.93. The molecule has 5 heteroatoms. The van der Waals surface area contributed by atoms with E-state index in [1.54, 1.807) is 18.7 Å². The van der Waals surface area contributed by atoms with Crippen LogP contribution in [0, 0.1) is 0 Å². The largest absolute Gasteiger partial charge is 0.343 e. The van der Waals surface area contributed by atoms with Crippen LogP contribution in [0.1, 0.15) is 16.1 Å². The van der Waals surface area contributed by atoms with Crippen molar-refractivity contribution in [3.05, 3.63) is 76.2 Å². The first kappa shape index (κ1) is 15.0. The molecule has 116 valence electrons. The molecule has 0 N–H and O–H groups in total. The lowest BCUT2D eigenvalue weighted by atomic mass is 10.2. The number of aromatic nitrogens is 2. The lowest BCUT2D eigenvalue weighted by molar-refractivity contribution is 0.0820. The summed E-state index contributed by atoms with van der Waals surface area (Å²) in [7, 11) is 3.22. The van der Waals surface area contributed by atoms with Gasteiger partial charge in [0.05, 0.1) is 17.6 Å². The molecule has 0 saturated heterocycles. The van der Waals surface area contributed by atoms with E-state index in [0.29, 0.717) is 12.1 Å². The van der Waals surface area contributed by atoms with Crippen LogP contribution in [-0.2, 0) is 6.54 Å². The lowest BCUT2D eigenvalue weighted by Crippen LogP contribution is -2.34. The van der Waals surface area contributed by atoms with Crippen LogP contribution in [0.15, 0.2) is 59.4 Å². The van der Waals surface area contributed by atoms with Crippen LogP contribution in [0.3, 0.4) is 0 Å². The number of fused-ring (bicyclic) bond motifs is 1. The van der Waals surface area contributed by atoms with E-state index < -0.39 is 0 Å². The van der Waals surface area contributed by atoms with Crippen LogP contribution >= 0.6 is 0 Å². The maximum absolute atomic E-state index is 12.8. The third-order valence-electron chi connectivity index (χ3n) is 3.64. The molecule has 23 heavy (non-hydrogen) atoms. The van der Waals surface area contributed by atoms with Crippen molar-refractivity contribution in [3.8, 4) is 0 Å². The molecular formula is C18H17N3O2. The van der Waals surface area contributed by atoms with Gasteiger partial charge in [-0.1, -0.05) is 42.5 Å². The summed E-state index contributed by atoms with van der Waals surface area (Å²) in [5.74, 6) is -0.387. The highest BCUT2D eigenvalue weighted by atomic mass is 16.2. The van der Waals surface area contributed by atoms with E-state index >= 15 is 0 Å². The lowest BCUT2D eigenvalue weighted by Gasteiger charge is -2.14. The predicted octanol–water partition coefficient (Wildman–Crippen LogP) is 2.15. The molecule has 0 atom stereocenters. The molecule has 3 aromatic rings. The Balaban J connectivity index is 2.24. The molecule has 0 saturated carbocycles. The zero-order valence-corrected chi connectivity index (χ0v) is 13.1. The highest BCUT2D eigenvalue weighted by Gasteiger charge is 2.18. The van der Waals surface area contributed by atoms with Crippen LogP contribution in [0.25, 0.3) is 11.0 Å². The van der Waals surface area contributed by atoms with Crippen LogP contribution < -0.4 is 5.56 Å². The summed E-state index contributed by atoms with van der Waals surface area (Å²) in [6, 6.07) is 17.0. The maximum atomic E-state index is 12.8. The number of carbonyl (C=O) groups excluding carboxylic acids is 1. The summed E-state index contributed by atoms with van der Waals surface area (Å²) in [6.07, 6.45) is 0. The van der Waals surface area contributed by atoms with Crippen molar-refractivity contribution in [2.45, 2.75) is 6.54 Å². The molecule has 0 aliphatic carbocycles. The van der Waals surface area contributed by atoms with Crippen molar-refractivity contribution in [1.29, 1.82) is 0 Å². The van der Waals surface area contributed by atoms with Gasteiger partial charge < -0.3 is 9.47 Å². The average molecular weight is 307 g/mol. The Morgan fingerprint density at radius 1 is 1.04 bits per heavy atom. The molecule has 0 aliphatic heterocycles. The molecule has 2 aromatic carbocycles. The van der Waals surface area contributed by atoms with Gasteiger partial charge in [0.1, 0.15) is 0 Å². The molecular weight excluding hydrogens is 290 g/mol. The monoisotopic (exact) mass is 307 g/mol. The second kappa shape index (κ2) is 6.04. The van der Waals surface area contributed by atoms with Gasteiger partial charge in [-0.15, -0.1) is 0 Å². The van der Waals surface area contributed by atoms with Crippen LogP contribution in [0.2, 0.25) is 0 Å². The molecule has 5 nitrogen and oxygen atoms in total. The van der Waals surface area contributed by atoms with Crippen molar-refractivity contribution in [3.63, 3.8) is 0 Å². The van der Waals surface area contributed by atoms with Gasteiger partial charge in [-0.05, 0) is 17.7 Å². The van der Waals surface area contributed by atoms with E-state index in [9.17, 15) is 9.59 Å². The van der Waals surface area contributed by atoms with E-state index in [1.807, 2.05) is 54.6 Å². The normalized spacial score (nSPS) is 10.7. The van der Waals surface area contributed by atoms with Crippen LogP contribution in [-0.4, -0.2) is 34.5 Å². The summed E-state index contributed by atoms with van der Waals surface area (Å²) < 4.78 is 1.61. The van der Waals surface area contributed by atoms with Gasteiger partial charge in [0, 0.05) is 14.1 Å². The average Bonchev–Trinajstić information content (AvgIpc) is 2.57. The van der Waals surface area contributed by atoms with E-state index in [0.717, 1.165) is 11.1 Å². The maximum Gasteiger partial charge on any atom is 0.283 e. The molecule has 0 spiro atoms. The topological polar surface area (TPSA) is 55.2 Å². The fourth-order valence-corrected chi connectivity index (χ4v) is 2.47. The van der Waals surface area contributed by atoms with Gasteiger partial charge in [0.25, 0.3) is 11.5 Å². The number of hydrogen-bond donors (Lipinski definition) is 0. The standard InChI is InChI=1S/C18H17N3O2/c1-20(2)17(22)16-18(23)21(12-13-8-4-3-5-9-13)15-11-7-6-10-14(15)19-16/h3-11H,12H2,1-2H3. The Morgan fingerprint density at radius 2 is 1.70 bits per heavy atom. The van der Waals surface area contributed by atoms with Gasteiger partial charge in [-0.25, -0.2) is 4.98 Å². The molecule has 0 radical (unpaired) electrons. The zero-order chi connectivity index (χ0) is 16.4. The highest BCUT2D eigenvalue weighted by Crippen LogP contribution is 2.12. The summed E-state index contributed by atoms with van der Waals surface area (Å²) in [6.45, 7) is 0.399. The third-order valence-corrected chi connectivity index (χ3v) is 3.64. The van der Waals surface area contributed by atoms with Gasteiger partial charge >= 0.3 is 0 Å². The Morgan fingerprint density at radius 3 is 2.39 bits per heavy atom. The molecule has 3 rings (SSSR count). The van der Waals surface area contributed by atoms with Crippen molar-refractivity contribution in [2.75, 3.05) is 14.1 Å². The molecule has 1 heterocycles. The molecule has 0 bridgehead atoms. The first-order valence-corrected chi connectivity index (χ1v) is 7.33. The quantitative estimate of drug-likeness (QED) is 0.745. The molecule has 1 aromatic heterocycles. The number of carbonyl (C=O) groups is 1. The number of rotatable bonds is 3. The van der Waals surface area contributed by atoms with E-state index in [4.69, 9.17) is 0 Å². The van der Waals surface area contributed by atoms with Crippen molar-refractivity contribution >= 4 is 16.9 Å². The Hall–Kier alpha value is -2.95. The minimum atomic E-state index is -0.387. The second-order valence-electron chi connectivity index (χ2n) is 5.53. The Labute approximate surface area is 133 Å². The highest BCUT2D eigenvalue weighted by molar-refractivity contribution is 5.93. The van der Waals surface area contributed by atoms with Gasteiger partial charge in [0.2, 0.25) is 0 Å². The smallest absolute Gasteiger partial charge is 0.283 e. The molecule has 0 fully saturated rings. The Bertz CT molecular complexity index is 914. The number of amides is 1. The third kappa shape index (κ3) is 2.85. The van der Waals surface area contributed by atoms with Crippen molar-refractivity contribution < 1.29 is 4.79 Å². The van der Waals surface area contributed by atoms with Crippen LogP contribution in [0.4, 0.5) is 0 Å². The van der Waals surface area contributed by atoms with E-state index in [2.05, 4.69) is 4.98 Å². The fourth-order valence-electron chi connectivity index (χ4n) is 2.47. The summed E-state index contributed by atoms with van der Waals surface area (Å²) in [5, 5.41) is 0. The predicted molar refractivity (Wildman–Crippen MR) is 89.6 cm³/mol. The molecule has 1 amide bonds.